The summed E-state index contributed by atoms with van der Waals surface area (Å²) in [6, 6.07) is 0. The van der Waals surface area contributed by atoms with E-state index in [0.717, 1.165) is 0 Å². The first-order chi connectivity index (χ1) is 4.24. The fraction of sp³-hybridized carbons (Fsp3) is 0.750. The minimum Gasteiger partial charge on any atom is -0.215 e. The lowest BCUT2D eigenvalue weighted by atomic mass is 10.8. The number of aromatic nitrogens is 4. The van der Waals surface area contributed by atoms with Crippen molar-refractivity contribution in [3.63, 3.8) is 0 Å². The van der Waals surface area contributed by atoms with Crippen LogP contribution in [-0.4, -0.2) is 15.0 Å². The van der Waals surface area contributed by atoms with E-state index in [-0.39, 0.29) is 5.69 Å². The first-order valence-electron chi connectivity index (χ1n) is 2.77. The van der Waals surface area contributed by atoms with Crippen molar-refractivity contribution in [1.82, 2.24) is 15.0 Å². The highest BCUT2D eigenvalue weighted by molar-refractivity contribution is 4.44. The SMILES string of the molecule is CCn1n[n+](C)[nH]c1=O. The maximum absolute atomic E-state index is 10.7. The second kappa shape index (κ2) is 2.00. The Morgan fingerprint density at radius 1 is 1.89 bits per heavy atom. The smallest absolute Gasteiger partial charge is 0.215 e. The van der Waals surface area contributed by atoms with Crippen LogP contribution >= 0.6 is 0 Å². The van der Waals surface area contributed by atoms with E-state index in [1.165, 1.54) is 9.48 Å². The summed E-state index contributed by atoms with van der Waals surface area (Å²) in [6.07, 6.45) is 0. The number of aryl methyl sites for hydroxylation is 2. The van der Waals surface area contributed by atoms with Crippen molar-refractivity contribution in [1.29, 1.82) is 0 Å². The third kappa shape index (κ3) is 0.984. The van der Waals surface area contributed by atoms with Gasteiger partial charge < -0.3 is 0 Å². The van der Waals surface area contributed by atoms with Crippen molar-refractivity contribution in [2.45, 2.75) is 13.5 Å². The van der Waals surface area contributed by atoms with Crippen LogP contribution in [0.2, 0.25) is 0 Å². The molecule has 0 atom stereocenters. The lowest BCUT2D eigenvalue weighted by Gasteiger charge is -1.74. The Balaban J connectivity index is 3.16. The normalized spacial score (nSPS) is 10.0. The highest BCUT2D eigenvalue weighted by Gasteiger charge is 2.04. The molecule has 0 saturated heterocycles. The molecule has 0 unspecified atom stereocenters. The summed E-state index contributed by atoms with van der Waals surface area (Å²) in [5.41, 5.74) is -0.167. The molecule has 0 amide bonds. The number of rotatable bonds is 1. The number of nitrogens with zero attached hydrogens (tertiary/aromatic N) is 3. The van der Waals surface area contributed by atoms with Crippen LogP contribution in [-0.2, 0) is 13.6 Å². The Kier molecular flexibility index (Phi) is 1.33. The number of tetrazole rings is 1. The summed E-state index contributed by atoms with van der Waals surface area (Å²) >= 11 is 0. The molecule has 1 aromatic rings. The van der Waals surface area contributed by atoms with Gasteiger partial charge in [0.15, 0.2) is 0 Å². The van der Waals surface area contributed by atoms with E-state index in [0.29, 0.717) is 6.54 Å². The molecule has 0 radical (unpaired) electrons. The topological polar surface area (TPSA) is 54.6 Å². The zero-order valence-electron chi connectivity index (χ0n) is 5.46. The molecule has 0 bridgehead atoms. The average molecular weight is 129 g/mol. The van der Waals surface area contributed by atoms with Gasteiger partial charge in [-0.05, 0) is 6.92 Å². The summed E-state index contributed by atoms with van der Waals surface area (Å²) < 4.78 is 1.35. The number of aromatic amines is 1. The van der Waals surface area contributed by atoms with Crippen molar-refractivity contribution >= 4 is 0 Å². The third-order valence-corrected chi connectivity index (χ3v) is 1.03. The molecule has 1 heterocycles. The third-order valence-electron chi connectivity index (χ3n) is 1.03. The van der Waals surface area contributed by atoms with Gasteiger partial charge in [-0.2, -0.15) is 0 Å². The number of hydrogen-bond donors (Lipinski definition) is 1. The van der Waals surface area contributed by atoms with Gasteiger partial charge in [0.1, 0.15) is 18.8 Å². The molecule has 9 heavy (non-hydrogen) atoms. The highest BCUT2D eigenvalue weighted by Crippen LogP contribution is 1.61. The highest BCUT2D eigenvalue weighted by atomic mass is 16.2. The summed E-state index contributed by atoms with van der Waals surface area (Å²) in [7, 11) is 1.67. The molecule has 0 spiro atoms. The van der Waals surface area contributed by atoms with Crippen molar-refractivity contribution in [3.05, 3.63) is 10.5 Å². The van der Waals surface area contributed by atoms with Gasteiger partial charge in [-0.15, -0.1) is 5.10 Å². The van der Waals surface area contributed by atoms with Crippen LogP contribution in [0.4, 0.5) is 0 Å². The van der Waals surface area contributed by atoms with Crippen molar-refractivity contribution < 1.29 is 4.80 Å². The van der Waals surface area contributed by atoms with Crippen LogP contribution in [0.5, 0.6) is 0 Å². The Morgan fingerprint density at radius 3 is 2.78 bits per heavy atom. The van der Waals surface area contributed by atoms with Crippen LogP contribution in [0.1, 0.15) is 6.92 Å². The van der Waals surface area contributed by atoms with E-state index in [4.69, 9.17) is 0 Å². The molecule has 1 rings (SSSR count). The van der Waals surface area contributed by atoms with E-state index in [1.54, 1.807) is 7.05 Å². The molecule has 0 aliphatic carbocycles. The van der Waals surface area contributed by atoms with Gasteiger partial charge >= 0.3 is 5.69 Å². The summed E-state index contributed by atoms with van der Waals surface area (Å²) in [5.74, 6) is 0. The molecular formula is C4H9N4O+. The summed E-state index contributed by atoms with van der Waals surface area (Å²) in [6.45, 7) is 2.47. The largest absolute Gasteiger partial charge is 0.465 e. The second-order valence-electron chi connectivity index (χ2n) is 1.75. The van der Waals surface area contributed by atoms with Crippen molar-refractivity contribution in [2.75, 3.05) is 0 Å². The molecule has 0 fully saturated rings. The standard InChI is InChI=1S/C4H8N4O/c1-3-8-4(9)5-7(2)6-8/h3H2,1-2H3/p+1. The zero-order valence-corrected chi connectivity index (χ0v) is 5.46. The van der Waals surface area contributed by atoms with Gasteiger partial charge in [-0.25, -0.2) is 4.79 Å². The summed E-state index contributed by atoms with van der Waals surface area (Å²) in [4.78, 5) is 12.1. The van der Waals surface area contributed by atoms with Crippen LogP contribution in [0.25, 0.3) is 0 Å². The number of nitrogens with one attached hydrogen (secondary N) is 1. The molecular weight excluding hydrogens is 120 g/mol. The Labute approximate surface area is 51.9 Å². The van der Waals surface area contributed by atoms with Gasteiger partial charge in [-0.3, -0.25) is 0 Å². The molecule has 5 nitrogen and oxygen atoms in total. The average Bonchev–Trinajstić information content (AvgIpc) is 2.10. The van der Waals surface area contributed by atoms with Crippen LogP contribution in [0.15, 0.2) is 4.79 Å². The lowest BCUT2D eigenvalue weighted by Crippen LogP contribution is -2.35. The predicted molar refractivity (Wildman–Crippen MR) is 29.7 cm³/mol. The van der Waals surface area contributed by atoms with Crippen LogP contribution < -0.4 is 10.5 Å². The predicted octanol–water partition coefficient (Wildman–Crippen LogP) is -1.58. The molecule has 0 aliphatic rings. The zero-order chi connectivity index (χ0) is 6.85. The molecule has 0 aromatic carbocycles. The van der Waals surface area contributed by atoms with E-state index in [1.807, 2.05) is 6.92 Å². The van der Waals surface area contributed by atoms with Gasteiger partial charge in [0.2, 0.25) is 0 Å². The molecule has 0 saturated carbocycles. The van der Waals surface area contributed by atoms with Crippen molar-refractivity contribution in [2.24, 2.45) is 7.05 Å². The first-order valence-corrected chi connectivity index (χ1v) is 2.77. The molecule has 1 N–H and O–H groups in total. The van der Waals surface area contributed by atoms with Crippen LogP contribution in [0, 0.1) is 0 Å². The Bertz CT molecular complexity index is 247. The van der Waals surface area contributed by atoms with Gasteiger partial charge in [0, 0.05) is 0 Å². The fourth-order valence-electron chi connectivity index (χ4n) is 0.628. The Morgan fingerprint density at radius 2 is 2.56 bits per heavy atom. The minimum absolute atomic E-state index is 0.167. The monoisotopic (exact) mass is 129 g/mol. The van der Waals surface area contributed by atoms with Gasteiger partial charge in [0.05, 0.1) is 0 Å². The first kappa shape index (κ1) is 6.00. The maximum Gasteiger partial charge on any atom is 0.465 e. The van der Waals surface area contributed by atoms with E-state index < -0.39 is 0 Å². The van der Waals surface area contributed by atoms with E-state index in [2.05, 4.69) is 10.3 Å². The quantitative estimate of drug-likeness (QED) is 0.465. The van der Waals surface area contributed by atoms with Gasteiger partial charge in [0.25, 0.3) is 0 Å². The lowest BCUT2D eigenvalue weighted by molar-refractivity contribution is -0.786. The maximum atomic E-state index is 10.7. The fourth-order valence-corrected chi connectivity index (χ4v) is 0.628. The minimum atomic E-state index is -0.167. The number of hydrogen-bond acceptors (Lipinski definition) is 2. The molecule has 5 heteroatoms. The van der Waals surface area contributed by atoms with E-state index in [9.17, 15) is 4.79 Å². The molecule has 1 aromatic heterocycles. The Hall–Kier alpha value is -1.13. The molecule has 50 valence electrons. The van der Waals surface area contributed by atoms with Crippen molar-refractivity contribution in [3.8, 4) is 0 Å². The van der Waals surface area contributed by atoms with Gasteiger partial charge in [-0.1, -0.05) is 9.48 Å². The second-order valence-corrected chi connectivity index (χ2v) is 1.75. The van der Waals surface area contributed by atoms with E-state index >= 15 is 0 Å². The number of H-pyrrole nitrogens is 1. The molecule has 0 aliphatic heterocycles. The van der Waals surface area contributed by atoms with Crippen LogP contribution in [0.3, 0.4) is 0 Å². The summed E-state index contributed by atoms with van der Waals surface area (Å²) in [5, 5.41) is 6.27.